The predicted octanol–water partition coefficient (Wildman–Crippen LogP) is 5.72. The highest BCUT2D eigenvalue weighted by molar-refractivity contribution is 7.14. The highest BCUT2D eigenvalue weighted by atomic mass is 32.1. The summed E-state index contributed by atoms with van der Waals surface area (Å²) in [5.74, 6) is -0.416. The molecule has 1 amide bonds. The van der Waals surface area contributed by atoms with Gasteiger partial charge in [0, 0.05) is 35.7 Å². The molecule has 1 aromatic heterocycles. The molecule has 2 heterocycles. The Balaban J connectivity index is 1.36. The molecule has 0 atom stereocenters. The van der Waals surface area contributed by atoms with Gasteiger partial charge in [-0.3, -0.25) is 20.2 Å². The lowest BCUT2D eigenvalue weighted by Crippen LogP contribution is -2.19. The number of carbonyl (C=O) groups excluding carboxylic acids is 1. The van der Waals surface area contributed by atoms with Crippen molar-refractivity contribution >= 4 is 44.5 Å². The number of benzene rings is 3. The van der Waals surface area contributed by atoms with Gasteiger partial charge in [-0.15, -0.1) is 11.3 Å². The van der Waals surface area contributed by atoms with E-state index in [-0.39, 0.29) is 11.3 Å². The van der Waals surface area contributed by atoms with Crippen LogP contribution in [-0.2, 0) is 0 Å². The third kappa shape index (κ3) is 3.92. The van der Waals surface area contributed by atoms with Crippen molar-refractivity contribution in [2.45, 2.75) is 12.8 Å². The fraction of sp³-hybridized carbons (Fsp3) is 0.167. The van der Waals surface area contributed by atoms with E-state index in [1.165, 1.54) is 17.4 Å². The smallest absolute Gasteiger partial charge is 0.293 e. The second-order valence-corrected chi connectivity index (χ2v) is 8.57. The zero-order chi connectivity index (χ0) is 22.1. The average molecular weight is 445 g/mol. The van der Waals surface area contributed by atoms with Crippen LogP contribution in [0.4, 0.5) is 16.5 Å². The third-order valence-corrected chi connectivity index (χ3v) is 6.41. The molecule has 1 saturated heterocycles. The van der Waals surface area contributed by atoms with E-state index in [9.17, 15) is 14.9 Å². The molecule has 1 fully saturated rings. The molecule has 3 aromatic carbocycles. The lowest BCUT2D eigenvalue weighted by Gasteiger charge is -2.17. The van der Waals surface area contributed by atoms with Gasteiger partial charge in [-0.2, -0.15) is 0 Å². The van der Waals surface area contributed by atoms with Gasteiger partial charge in [0.25, 0.3) is 11.6 Å². The van der Waals surface area contributed by atoms with E-state index in [1.807, 2.05) is 40.6 Å². The number of hydrogen-bond acceptors (Lipinski definition) is 6. The zero-order valence-electron chi connectivity index (χ0n) is 17.2. The number of anilines is 2. The Kier molecular flexibility index (Phi) is 5.28. The largest absolute Gasteiger partial charge is 0.366 e. The van der Waals surface area contributed by atoms with Crippen molar-refractivity contribution in [1.29, 1.82) is 0 Å². The molecule has 0 unspecified atom stereocenters. The normalized spacial score (nSPS) is 13.4. The molecule has 0 aliphatic carbocycles. The molecule has 160 valence electrons. The van der Waals surface area contributed by atoms with E-state index in [2.05, 4.69) is 22.4 Å². The minimum absolute atomic E-state index is 0.0458. The van der Waals surface area contributed by atoms with Gasteiger partial charge in [0.2, 0.25) is 0 Å². The number of thiazole rings is 1. The molecule has 8 heteroatoms. The number of hydrogen-bond donors (Lipinski definition) is 1. The molecule has 0 spiro atoms. The average Bonchev–Trinajstić information content (AvgIpc) is 3.51. The molecule has 1 aliphatic rings. The summed E-state index contributed by atoms with van der Waals surface area (Å²) in [6.45, 7) is 1.59. The van der Waals surface area contributed by atoms with Gasteiger partial charge in [0.15, 0.2) is 5.13 Å². The monoisotopic (exact) mass is 444 g/mol. The molecule has 1 aliphatic heterocycles. The van der Waals surface area contributed by atoms with Crippen molar-refractivity contribution in [2.75, 3.05) is 23.3 Å². The minimum Gasteiger partial charge on any atom is -0.366 e. The maximum absolute atomic E-state index is 12.8. The molecule has 0 radical (unpaired) electrons. The van der Waals surface area contributed by atoms with Crippen LogP contribution in [0.5, 0.6) is 0 Å². The highest BCUT2D eigenvalue weighted by Gasteiger charge is 2.24. The Bertz CT molecular complexity index is 1330. The van der Waals surface area contributed by atoms with Crippen molar-refractivity contribution in [3.63, 3.8) is 0 Å². The molecular weight excluding hydrogens is 424 g/mol. The highest BCUT2D eigenvalue weighted by Crippen LogP contribution is 2.32. The van der Waals surface area contributed by atoms with Crippen molar-refractivity contribution in [3.8, 4) is 11.3 Å². The Hall–Kier alpha value is -3.78. The van der Waals surface area contributed by atoms with Gasteiger partial charge in [-0.1, -0.05) is 36.4 Å². The number of nitro groups is 1. The van der Waals surface area contributed by atoms with Crippen LogP contribution in [0.2, 0.25) is 0 Å². The molecule has 32 heavy (non-hydrogen) atoms. The summed E-state index contributed by atoms with van der Waals surface area (Å²) >= 11 is 1.32. The lowest BCUT2D eigenvalue weighted by atomic mass is 10.1. The summed E-state index contributed by atoms with van der Waals surface area (Å²) in [5.41, 5.74) is 2.49. The van der Waals surface area contributed by atoms with Crippen LogP contribution in [0.1, 0.15) is 23.2 Å². The van der Waals surface area contributed by atoms with Crippen LogP contribution in [0, 0.1) is 10.1 Å². The van der Waals surface area contributed by atoms with Crippen LogP contribution in [0.15, 0.2) is 66.0 Å². The standard InChI is InChI=1S/C24H20N4O3S/c29-23(19-9-10-21(22(14-19)28(30)31)27-11-3-4-12-27)26-24-25-20(15-32-24)18-8-7-16-5-1-2-6-17(16)13-18/h1-2,5-10,13-15H,3-4,11-12H2,(H,25,26,29). The Morgan fingerprint density at radius 2 is 1.81 bits per heavy atom. The zero-order valence-corrected chi connectivity index (χ0v) is 18.0. The van der Waals surface area contributed by atoms with Crippen molar-refractivity contribution in [1.82, 2.24) is 4.98 Å². The minimum atomic E-state index is -0.425. The molecule has 7 nitrogen and oxygen atoms in total. The second kappa shape index (κ2) is 8.39. The van der Waals surface area contributed by atoms with Crippen LogP contribution < -0.4 is 10.2 Å². The number of amides is 1. The molecular formula is C24H20N4O3S. The first kappa shape index (κ1) is 20.1. The summed E-state index contributed by atoms with van der Waals surface area (Å²) in [6.07, 6.45) is 2.03. The number of rotatable bonds is 5. The van der Waals surface area contributed by atoms with Gasteiger partial charge >= 0.3 is 0 Å². The molecule has 1 N–H and O–H groups in total. The first-order valence-corrected chi connectivity index (χ1v) is 11.3. The number of carbonyl (C=O) groups is 1. The van der Waals surface area contributed by atoms with Crippen LogP contribution >= 0.6 is 11.3 Å². The molecule has 4 aromatic rings. The van der Waals surface area contributed by atoms with E-state index in [1.54, 1.807) is 12.1 Å². The Morgan fingerprint density at radius 3 is 2.59 bits per heavy atom. The van der Waals surface area contributed by atoms with Crippen molar-refractivity contribution in [2.24, 2.45) is 0 Å². The summed E-state index contributed by atoms with van der Waals surface area (Å²) in [5, 5.41) is 19.0. The maximum atomic E-state index is 12.8. The topological polar surface area (TPSA) is 88.4 Å². The summed E-state index contributed by atoms with van der Waals surface area (Å²) in [4.78, 5) is 30.5. The van der Waals surface area contributed by atoms with E-state index >= 15 is 0 Å². The van der Waals surface area contributed by atoms with Crippen LogP contribution in [0.25, 0.3) is 22.0 Å². The summed E-state index contributed by atoms with van der Waals surface area (Å²) < 4.78 is 0. The van der Waals surface area contributed by atoms with E-state index < -0.39 is 10.8 Å². The molecule has 0 saturated carbocycles. The molecule has 0 bridgehead atoms. The number of nitrogens with zero attached hydrogens (tertiary/aromatic N) is 3. The van der Waals surface area contributed by atoms with E-state index in [0.29, 0.717) is 10.8 Å². The van der Waals surface area contributed by atoms with E-state index in [0.717, 1.165) is 48.0 Å². The van der Waals surface area contributed by atoms with Crippen LogP contribution in [0.3, 0.4) is 0 Å². The van der Waals surface area contributed by atoms with Crippen molar-refractivity contribution < 1.29 is 9.72 Å². The fourth-order valence-electron chi connectivity index (χ4n) is 4.02. The molecule has 5 rings (SSSR count). The number of aromatic nitrogens is 1. The first-order chi connectivity index (χ1) is 15.6. The second-order valence-electron chi connectivity index (χ2n) is 7.71. The van der Waals surface area contributed by atoms with Gasteiger partial charge in [0.1, 0.15) is 5.69 Å². The summed E-state index contributed by atoms with van der Waals surface area (Å²) in [7, 11) is 0. The predicted molar refractivity (Wildman–Crippen MR) is 128 cm³/mol. The fourth-order valence-corrected chi connectivity index (χ4v) is 4.73. The quantitative estimate of drug-likeness (QED) is 0.314. The Labute approximate surface area is 188 Å². The van der Waals surface area contributed by atoms with Gasteiger partial charge < -0.3 is 4.90 Å². The number of fused-ring (bicyclic) bond motifs is 1. The summed E-state index contributed by atoms with van der Waals surface area (Å²) in [6, 6.07) is 18.9. The third-order valence-electron chi connectivity index (χ3n) is 5.65. The van der Waals surface area contributed by atoms with Crippen molar-refractivity contribution in [3.05, 3.63) is 81.7 Å². The van der Waals surface area contributed by atoms with Gasteiger partial charge in [-0.05, 0) is 41.8 Å². The SMILES string of the molecule is O=C(Nc1nc(-c2ccc3ccccc3c2)cs1)c1ccc(N2CCCC2)c([N+](=O)[O-])c1. The Morgan fingerprint density at radius 1 is 1.03 bits per heavy atom. The van der Waals surface area contributed by atoms with E-state index in [4.69, 9.17) is 0 Å². The number of nitrogens with one attached hydrogen (secondary N) is 1. The lowest BCUT2D eigenvalue weighted by molar-refractivity contribution is -0.384. The van der Waals surface area contributed by atoms with Gasteiger partial charge in [-0.25, -0.2) is 4.98 Å². The number of nitro benzene ring substituents is 1. The van der Waals surface area contributed by atoms with Crippen LogP contribution in [-0.4, -0.2) is 28.9 Å². The van der Waals surface area contributed by atoms with Gasteiger partial charge in [0.05, 0.1) is 10.6 Å². The first-order valence-electron chi connectivity index (χ1n) is 10.4. The maximum Gasteiger partial charge on any atom is 0.293 e.